The smallest absolute Gasteiger partial charge is 0.185 e. The summed E-state index contributed by atoms with van der Waals surface area (Å²) in [7, 11) is 0. The van der Waals surface area contributed by atoms with E-state index in [4.69, 9.17) is 0 Å². The van der Waals surface area contributed by atoms with Gasteiger partial charge in [-0.1, -0.05) is 72.8 Å². The Labute approximate surface area is 105 Å². The average Bonchev–Trinajstić information content (AvgIpc) is 2.27. The number of rotatable bonds is 4. The number of allylic oxidation sites excluding steroid dienone is 2. The normalized spacial score (nSPS) is 11.9. The largest absolute Gasteiger partial charge is 0.289 e. The van der Waals surface area contributed by atoms with Crippen LogP contribution in [0.5, 0.6) is 0 Å². The highest BCUT2D eigenvalue weighted by atomic mass is 127. The van der Waals surface area contributed by atoms with Crippen molar-refractivity contribution >= 4 is 28.4 Å². The molecule has 15 heavy (non-hydrogen) atoms. The van der Waals surface area contributed by atoms with Crippen molar-refractivity contribution < 1.29 is 4.79 Å². The maximum atomic E-state index is 11.7. The molecule has 0 saturated heterocycles. The summed E-state index contributed by atoms with van der Waals surface area (Å²) in [6, 6.07) is 9.35. The van der Waals surface area contributed by atoms with Gasteiger partial charge < -0.3 is 0 Å². The van der Waals surface area contributed by atoms with Crippen LogP contribution in [0.15, 0.2) is 42.5 Å². The van der Waals surface area contributed by atoms with Crippen LogP contribution in [0.3, 0.4) is 0 Å². The third-order valence-electron chi connectivity index (χ3n) is 2.09. The van der Waals surface area contributed by atoms with Gasteiger partial charge in [0.1, 0.15) is 0 Å². The number of carbonyl (C=O) groups excluding carboxylic acids is 1. The zero-order chi connectivity index (χ0) is 11.3. The third-order valence-corrected chi connectivity index (χ3v) is 4.05. The van der Waals surface area contributed by atoms with Gasteiger partial charge in [-0.25, -0.2) is 0 Å². The molecule has 2 heteroatoms. The number of hydrogen-bond acceptors (Lipinski definition) is 1. The molecular formula is C13H15IO. The van der Waals surface area contributed by atoms with Crippen molar-refractivity contribution in [3.8, 4) is 0 Å². The predicted molar refractivity (Wildman–Crippen MR) is 72.6 cm³/mol. The topological polar surface area (TPSA) is 17.1 Å². The molecule has 0 aromatic heterocycles. The zero-order valence-electron chi connectivity index (χ0n) is 9.03. The minimum absolute atomic E-state index is 0.0773. The second kappa shape index (κ2) is 5.45. The quantitative estimate of drug-likeness (QED) is 0.357. The molecule has 0 atom stereocenters. The van der Waals surface area contributed by atoms with E-state index in [2.05, 4.69) is 36.4 Å². The molecule has 0 bridgehead atoms. The lowest BCUT2D eigenvalue weighted by Gasteiger charge is -2.15. The monoisotopic (exact) mass is 314 g/mol. The molecular weight excluding hydrogens is 299 g/mol. The van der Waals surface area contributed by atoms with Crippen molar-refractivity contribution in [3.63, 3.8) is 0 Å². The van der Waals surface area contributed by atoms with Gasteiger partial charge in [-0.2, -0.15) is 0 Å². The van der Waals surface area contributed by atoms with Crippen LogP contribution >= 0.6 is 22.6 Å². The highest BCUT2D eigenvalue weighted by molar-refractivity contribution is 14.1. The fourth-order valence-corrected chi connectivity index (χ4v) is 1.30. The van der Waals surface area contributed by atoms with Crippen LogP contribution in [0.4, 0.5) is 0 Å². The summed E-state index contributed by atoms with van der Waals surface area (Å²) in [5.74, 6) is 0.0773. The fourth-order valence-electron chi connectivity index (χ4n) is 1.04. The molecule has 0 amide bonds. The first-order valence-electron chi connectivity index (χ1n) is 4.90. The van der Waals surface area contributed by atoms with Crippen molar-refractivity contribution in [2.45, 2.75) is 13.8 Å². The Hall–Kier alpha value is -0.640. The van der Waals surface area contributed by atoms with Gasteiger partial charge in [0.25, 0.3) is 0 Å². The van der Waals surface area contributed by atoms with Crippen LogP contribution in [0, 0.1) is 5.41 Å². The molecule has 0 unspecified atom stereocenters. The minimum atomic E-state index is 0.0773. The molecule has 0 spiro atoms. The molecule has 0 aliphatic carbocycles. The van der Waals surface area contributed by atoms with Crippen molar-refractivity contribution in [2.24, 2.45) is 5.41 Å². The number of benzene rings is 1. The summed E-state index contributed by atoms with van der Waals surface area (Å²) >= 11 is 2.33. The van der Waals surface area contributed by atoms with Gasteiger partial charge in [0.2, 0.25) is 0 Å². The van der Waals surface area contributed by atoms with Crippen molar-refractivity contribution in [1.82, 2.24) is 0 Å². The number of ketones is 1. The van der Waals surface area contributed by atoms with Gasteiger partial charge in [-0.3, -0.25) is 4.79 Å². The van der Waals surface area contributed by atoms with Crippen LogP contribution in [-0.4, -0.2) is 10.2 Å². The van der Waals surface area contributed by atoms with Crippen LogP contribution in [0.2, 0.25) is 0 Å². The van der Waals surface area contributed by atoms with Crippen LogP contribution in [0.1, 0.15) is 24.2 Å². The molecule has 0 fully saturated rings. The number of alkyl halides is 1. The lowest BCUT2D eigenvalue weighted by atomic mass is 9.95. The maximum absolute atomic E-state index is 11.7. The standard InChI is InChI=1S/C13H15IO/c1-13(2,10-14)9-8-12(15)11-6-4-3-5-7-11/h3-9H,10H2,1-2H3/b9-8+. The predicted octanol–water partition coefficient (Wildman–Crippen LogP) is 3.89. The summed E-state index contributed by atoms with van der Waals surface area (Å²) in [6.07, 6.45) is 3.66. The Morgan fingerprint density at radius 1 is 1.33 bits per heavy atom. The molecule has 0 aliphatic rings. The molecule has 0 N–H and O–H groups in total. The maximum Gasteiger partial charge on any atom is 0.185 e. The van der Waals surface area contributed by atoms with E-state index in [1.807, 2.05) is 36.4 Å². The summed E-state index contributed by atoms with van der Waals surface area (Å²) < 4.78 is 1.00. The van der Waals surface area contributed by atoms with Crippen molar-refractivity contribution in [2.75, 3.05) is 4.43 Å². The van der Waals surface area contributed by atoms with Crippen molar-refractivity contribution in [1.29, 1.82) is 0 Å². The third kappa shape index (κ3) is 4.16. The second-order valence-electron chi connectivity index (χ2n) is 4.19. The molecule has 1 aromatic rings. The van der Waals surface area contributed by atoms with Gasteiger partial charge >= 0.3 is 0 Å². The van der Waals surface area contributed by atoms with E-state index in [-0.39, 0.29) is 11.2 Å². The summed E-state index contributed by atoms with van der Waals surface area (Å²) in [4.78, 5) is 11.7. The Bertz CT molecular complexity index is 352. The zero-order valence-corrected chi connectivity index (χ0v) is 11.2. The number of halogens is 1. The van der Waals surface area contributed by atoms with Crippen LogP contribution < -0.4 is 0 Å². The Morgan fingerprint density at radius 2 is 1.93 bits per heavy atom. The molecule has 80 valence electrons. The van der Waals surface area contributed by atoms with Crippen LogP contribution in [0.25, 0.3) is 0 Å². The average molecular weight is 314 g/mol. The van der Waals surface area contributed by atoms with Gasteiger partial charge in [-0.15, -0.1) is 0 Å². The van der Waals surface area contributed by atoms with E-state index in [1.54, 1.807) is 6.08 Å². The highest BCUT2D eigenvalue weighted by Crippen LogP contribution is 2.20. The van der Waals surface area contributed by atoms with Crippen LogP contribution in [-0.2, 0) is 0 Å². The lowest BCUT2D eigenvalue weighted by Crippen LogP contribution is -2.09. The summed E-state index contributed by atoms with van der Waals surface area (Å²) in [5, 5.41) is 0. The van der Waals surface area contributed by atoms with E-state index >= 15 is 0 Å². The van der Waals surface area contributed by atoms with E-state index in [0.29, 0.717) is 0 Å². The molecule has 1 aromatic carbocycles. The van der Waals surface area contributed by atoms with E-state index in [9.17, 15) is 4.79 Å². The van der Waals surface area contributed by atoms with E-state index < -0.39 is 0 Å². The summed E-state index contributed by atoms with van der Waals surface area (Å²) in [5.41, 5.74) is 0.836. The minimum Gasteiger partial charge on any atom is -0.289 e. The highest BCUT2D eigenvalue weighted by Gasteiger charge is 2.11. The van der Waals surface area contributed by atoms with Gasteiger partial charge in [0.05, 0.1) is 0 Å². The second-order valence-corrected chi connectivity index (χ2v) is 4.95. The SMILES string of the molecule is CC(C)(/C=C/C(=O)c1ccccc1)CI. The first-order valence-corrected chi connectivity index (χ1v) is 6.42. The first-order chi connectivity index (χ1) is 7.05. The molecule has 1 rings (SSSR count). The fraction of sp³-hybridized carbons (Fsp3) is 0.308. The van der Waals surface area contributed by atoms with Crippen molar-refractivity contribution in [3.05, 3.63) is 48.0 Å². The van der Waals surface area contributed by atoms with Gasteiger partial charge in [0.15, 0.2) is 5.78 Å². The lowest BCUT2D eigenvalue weighted by molar-refractivity contribution is 0.104. The molecule has 0 aliphatic heterocycles. The first kappa shape index (κ1) is 12.4. The van der Waals surface area contributed by atoms with E-state index in [0.717, 1.165) is 9.99 Å². The molecule has 0 heterocycles. The van der Waals surface area contributed by atoms with Gasteiger partial charge in [-0.05, 0) is 11.5 Å². The van der Waals surface area contributed by atoms with Gasteiger partial charge in [0, 0.05) is 9.99 Å². The number of carbonyl (C=O) groups is 1. The Morgan fingerprint density at radius 3 is 2.47 bits per heavy atom. The Kier molecular flexibility index (Phi) is 4.51. The summed E-state index contributed by atoms with van der Waals surface area (Å²) in [6.45, 7) is 4.24. The molecule has 0 saturated carbocycles. The molecule has 0 radical (unpaired) electrons. The van der Waals surface area contributed by atoms with E-state index in [1.165, 1.54) is 0 Å². The Balaban J connectivity index is 2.73. The molecule has 1 nitrogen and oxygen atoms in total. The number of hydrogen-bond donors (Lipinski definition) is 0.